The van der Waals surface area contributed by atoms with Crippen LogP contribution in [0.15, 0.2) is 48.5 Å². The van der Waals surface area contributed by atoms with Crippen molar-refractivity contribution in [2.45, 2.75) is 65.3 Å². The summed E-state index contributed by atoms with van der Waals surface area (Å²) < 4.78 is 0. The quantitative estimate of drug-likeness (QED) is 0.514. The van der Waals surface area contributed by atoms with Crippen molar-refractivity contribution in [3.63, 3.8) is 0 Å². The lowest BCUT2D eigenvalue weighted by Gasteiger charge is -2.21. The van der Waals surface area contributed by atoms with Gasteiger partial charge >= 0.3 is 0 Å². The number of benzene rings is 2. The zero-order chi connectivity index (χ0) is 18.9. The summed E-state index contributed by atoms with van der Waals surface area (Å²) in [7, 11) is 0. The molecule has 2 N–H and O–H groups in total. The zero-order valence-electron chi connectivity index (χ0n) is 16.5. The second-order valence-corrected chi connectivity index (χ2v) is 7.59. The Hall–Kier alpha value is -1.87. The molecule has 26 heavy (non-hydrogen) atoms. The second kappa shape index (κ2) is 10.3. The molecule has 0 heterocycles. The molecular weight excluding hydrogens is 336 g/mol. The van der Waals surface area contributed by atoms with Gasteiger partial charge in [0.2, 0.25) is 0 Å². The average Bonchev–Trinajstić information content (AvgIpc) is 2.65. The van der Waals surface area contributed by atoms with Gasteiger partial charge in [-0.3, -0.25) is 0 Å². The number of nitrogens with one attached hydrogen (secondary N) is 2. The molecule has 140 valence electrons. The van der Waals surface area contributed by atoms with Gasteiger partial charge in [-0.15, -0.1) is 0 Å². The summed E-state index contributed by atoms with van der Waals surface area (Å²) in [4.78, 5) is 0. The molecule has 0 aromatic heterocycles. The smallest absolute Gasteiger partial charge is 0.171 e. The van der Waals surface area contributed by atoms with E-state index < -0.39 is 0 Å². The normalized spacial score (nSPS) is 12.0. The summed E-state index contributed by atoms with van der Waals surface area (Å²) in [5.74, 6) is 0.556. The van der Waals surface area contributed by atoms with Crippen LogP contribution in [0.5, 0.6) is 0 Å². The van der Waals surface area contributed by atoms with E-state index in [0.29, 0.717) is 11.0 Å². The summed E-state index contributed by atoms with van der Waals surface area (Å²) in [5.41, 5.74) is 5.06. The van der Waals surface area contributed by atoms with Crippen LogP contribution < -0.4 is 10.6 Å². The molecule has 1 atom stereocenters. The molecule has 0 saturated heterocycles. The molecule has 0 aliphatic carbocycles. The van der Waals surface area contributed by atoms with Gasteiger partial charge in [-0.25, -0.2) is 0 Å². The Labute approximate surface area is 164 Å². The lowest BCUT2D eigenvalue weighted by Crippen LogP contribution is -2.32. The third kappa shape index (κ3) is 6.14. The van der Waals surface area contributed by atoms with E-state index in [9.17, 15) is 0 Å². The van der Waals surface area contributed by atoms with Crippen LogP contribution in [0.3, 0.4) is 0 Å². The van der Waals surface area contributed by atoms with Gasteiger partial charge in [-0.1, -0.05) is 70.5 Å². The molecule has 2 nitrogen and oxygen atoms in total. The van der Waals surface area contributed by atoms with Crippen LogP contribution in [0, 0.1) is 0 Å². The number of thiocarbonyl (C=S) groups is 1. The molecule has 0 saturated carbocycles. The Balaban J connectivity index is 1.94. The maximum absolute atomic E-state index is 5.53. The van der Waals surface area contributed by atoms with Crippen molar-refractivity contribution in [3.05, 3.63) is 65.2 Å². The van der Waals surface area contributed by atoms with Crippen molar-refractivity contribution in [1.82, 2.24) is 5.32 Å². The molecule has 1 unspecified atom stereocenters. The van der Waals surface area contributed by atoms with Crippen molar-refractivity contribution in [2.75, 3.05) is 5.32 Å². The second-order valence-electron chi connectivity index (χ2n) is 7.18. The highest BCUT2D eigenvalue weighted by Crippen LogP contribution is 2.21. The third-order valence-electron chi connectivity index (χ3n) is 4.75. The largest absolute Gasteiger partial charge is 0.356 e. The molecule has 0 fully saturated rings. The van der Waals surface area contributed by atoms with Crippen LogP contribution in [0.4, 0.5) is 5.69 Å². The first-order valence-electron chi connectivity index (χ1n) is 9.79. The fraction of sp³-hybridized carbons (Fsp3) is 0.435. The number of hydrogen-bond donors (Lipinski definition) is 2. The summed E-state index contributed by atoms with van der Waals surface area (Å²) in [6, 6.07) is 17.7. The van der Waals surface area contributed by atoms with E-state index in [2.05, 4.69) is 86.9 Å². The van der Waals surface area contributed by atoms with Crippen molar-refractivity contribution in [3.8, 4) is 0 Å². The Kier molecular flexibility index (Phi) is 8.11. The molecule has 2 aromatic rings. The molecule has 2 rings (SSSR count). The highest BCUT2D eigenvalue weighted by atomic mass is 32.1. The minimum absolute atomic E-state index is 0.222. The average molecular weight is 369 g/mol. The monoisotopic (exact) mass is 368 g/mol. The van der Waals surface area contributed by atoms with Crippen LogP contribution in [-0.2, 0) is 6.42 Å². The standard InChI is InChI=1S/C23H32N2S/c1-5-7-8-18-9-15-21(16-10-18)24-23(26)25-22(6-2)20-13-11-19(12-14-20)17(3)4/h9-17,22H,5-8H2,1-4H3,(H2,24,25,26). The van der Waals surface area contributed by atoms with E-state index in [-0.39, 0.29) is 6.04 Å². The van der Waals surface area contributed by atoms with Gasteiger partial charge in [0, 0.05) is 5.69 Å². The molecule has 0 aliphatic rings. The van der Waals surface area contributed by atoms with E-state index in [1.807, 2.05) is 0 Å². The lowest BCUT2D eigenvalue weighted by molar-refractivity contribution is 0.628. The Morgan fingerprint density at radius 2 is 1.54 bits per heavy atom. The topological polar surface area (TPSA) is 24.1 Å². The van der Waals surface area contributed by atoms with E-state index >= 15 is 0 Å². The number of unbranched alkanes of at least 4 members (excludes halogenated alkanes) is 1. The summed E-state index contributed by atoms with van der Waals surface area (Å²) in [6.45, 7) is 8.84. The SMILES string of the molecule is CCCCc1ccc(NC(=S)NC(CC)c2ccc(C(C)C)cc2)cc1. The molecule has 0 bridgehead atoms. The molecule has 0 amide bonds. The molecule has 0 spiro atoms. The van der Waals surface area contributed by atoms with E-state index in [1.165, 1.54) is 29.5 Å². The first-order chi connectivity index (χ1) is 12.5. The van der Waals surface area contributed by atoms with Gasteiger partial charge < -0.3 is 10.6 Å². The summed E-state index contributed by atoms with van der Waals surface area (Å²) >= 11 is 5.53. The predicted molar refractivity (Wildman–Crippen MR) is 118 cm³/mol. The van der Waals surface area contributed by atoms with Gasteiger partial charge in [0.15, 0.2) is 5.11 Å². The summed E-state index contributed by atoms with van der Waals surface area (Å²) in [5, 5.41) is 7.43. The van der Waals surface area contributed by atoms with Crippen molar-refractivity contribution in [1.29, 1.82) is 0 Å². The Morgan fingerprint density at radius 3 is 2.08 bits per heavy atom. The van der Waals surface area contributed by atoms with Crippen molar-refractivity contribution >= 4 is 23.0 Å². The maximum atomic E-state index is 5.53. The van der Waals surface area contributed by atoms with Gasteiger partial charge in [0.1, 0.15) is 0 Å². The molecule has 0 aliphatic heterocycles. The highest BCUT2D eigenvalue weighted by molar-refractivity contribution is 7.80. The first-order valence-corrected chi connectivity index (χ1v) is 10.2. The minimum atomic E-state index is 0.222. The maximum Gasteiger partial charge on any atom is 0.171 e. The Morgan fingerprint density at radius 1 is 0.923 bits per heavy atom. The van der Waals surface area contributed by atoms with Gasteiger partial charge in [-0.2, -0.15) is 0 Å². The van der Waals surface area contributed by atoms with E-state index in [4.69, 9.17) is 12.2 Å². The molecule has 2 aromatic carbocycles. The minimum Gasteiger partial charge on any atom is -0.356 e. The first kappa shape index (κ1) is 20.4. The van der Waals surface area contributed by atoms with Crippen molar-refractivity contribution < 1.29 is 0 Å². The van der Waals surface area contributed by atoms with Crippen LogP contribution >= 0.6 is 12.2 Å². The van der Waals surface area contributed by atoms with Crippen LogP contribution in [0.25, 0.3) is 0 Å². The van der Waals surface area contributed by atoms with Crippen LogP contribution in [0.2, 0.25) is 0 Å². The van der Waals surface area contributed by atoms with Gasteiger partial charge in [-0.05, 0) is 66.2 Å². The van der Waals surface area contributed by atoms with Gasteiger partial charge in [0.05, 0.1) is 6.04 Å². The third-order valence-corrected chi connectivity index (χ3v) is 4.97. The van der Waals surface area contributed by atoms with Crippen LogP contribution in [0.1, 0.15) is 75.6 Å². The zero-order valence-corrected chi connectivity index (χ0v) is 17.3. The highest BCUT2D eigenvalue weighted by Gasteiger charge is 2.11. The predicted octanol–water partition coefficient (Wildman–Crippen LogP) is 6.59. The van der Waals surface area contributed by atoms with Gasteiger partial charge in [0.25, 0.3) is 0 Å². The van der Waals surface area contributed by atoms with E-state index in [1.54, 1.807) is 0 Å². The van der Waals surface area contributed by atoms with Crippen LogP contribution in [-0.4, -0.2) is 5.11 Å². The Bertz CT molecular complexity index is 674. The fourth-order valence-electron chi connectivity index (χ4n) is 3.00. The van der Waals surface area contributed by atoms with E-state index in [0.717, 1.165) is 18.5 Å². The number of aryl methyl sites for hydroxylation is 1. The lowest BCUT2D eigenvalue weighted by atomic mass is 9.98. The summed E-state index contributed by atoms with van der Waals surface area (Å²) in [6.07, 6.45) is 4.59. The number of hydrogen-bond acceptors (Lipinski definition) is 1. The van der Waals surface area contributed by atoms with Crippen molar-refractivity contribution in [2.24, 2.45) is 0 Å². The fourth-order valence-corrected chi connectivity index (χ4v) is 3.26. The number of rotatable bonds is 8. The molecule has 3 heteroatoms. The number of anilines is 1. The molecule has 0 radical (unpaired) electrons. The molecular formula is C23H32N2S.